The molecular weight excluding hydrogens is 226 g/mol. The molecule has 0 atom stereocenters. The molecule has 18 heavy (non-hydrogen) atoms. The number of rotatable bonds is 6. The van der Waals surface area contributed by atoms with Crippen LogP contribution in [0.5, 0.6) is 0 Å². The van der Waals surface area contributed by atoms with Crippen LogP contribution in [-0.2, 0) is 4.84 Å². The predicted molar refractivity (Wildman–Crippen MR) is 71.9 cm³/mol. The Labute approximate surface area is 108 Å². The molecular formula is C14H19N3O. The zero-order valence-electron chi connectivity index (χ0n) is 10.7. The number of benzene rings is 1. The van der Waals surface area contributed by atoms with E-state index in [4.69, 9.17) is 4.84 Å². The summed E-state index contributed by atoms with van der Waals surface area (Å²) in [5, 5.41) is 8.37. The van der Waals surface area contributed by atoms with E-state index in [-0.39, 0.29) is 0 Å². The van der Waals surface area contributed by atoms with Crippen LogP contribution in [0.15, 0.2) is 46.1 Å². The molecule has 1 heterocycles. The number of azo groups is 1. The van der Waals surface area contributed by atoms with Crippen molar-refractivity contribution in [2.75, 3.05) is 19.7 Å². The lowest BCUT2D eigenvalue weighted by Gasteiger charge is -2.03. The van der Waals surface area contributed by atoms with Gasteiger partial charge >= 0.3 is 0 Å². The smallest absolute Gasteiger partial charge is 0.0999 e. The molecule has 0 saturated heterocycles. The summed E-state index contributed by atoms with van der Waals surface area (Å²) in [5.41, 5.74) is 6.27. The molecule has 1 N–H and O–H groups in total. The molecule has 1 aliphatic rings. The minimum Gasteiger partial charge on any atom is -0.272 e. The van der Waals surface area contributed by atoms with Crippen LogP contribution in [0.25, 0.3) is 5.70 Å². The van der Waals surface area contributed by atoms with Crippen molar-refractivity contribution in [3.8, 4) is 0 Å². The van der Waals surface area contributed by atoms with Crippen molar-refractivity contribution in [1.29, 1.82) is 0 Å². The molecule has 0 unspecified atom stereocenters. The van der Waals surface area contributed by atoms with Crippen LogP contribution in [-0.4, -0.2) is 19.7 Å². The number of nitrogens with zero attached hydrogens (tertiary/aromatic N) is 2. The maximum Gasteiger partial charge on any atom is 0.0999 e. The molecule has 0 fully saturated rings. The number of hydroxylamine groups is 1. The van der Waals surface area contributed by atoms with Gasteiger partial charge in [-0.15, -0.1) is 0 Å². The molecule has 1 aromatic carbocycles. The summed E-state index contributed by atoms with van der Waals surface area (Å²) in [5.74, 6) is 0. The van der Waals surface area contributed by atoms with Gasteiger partial charge in [0.15, 0.2) is 0 Å². The molecule has 0 aromatic heterocycles. The van der Waals surface area contributed by atoms with Gasteiger partial charge in [-0.25, -0.2) is 0 Å². The lowest BCUT2D eigenvalue weighted by Crippen LogP contribution is -2.04. The Hall–Kier alpha value is -1.68. The van der Waals surface area contributed by atoms with E-state index in [1.54, 1.807) is 0 Å². The molecule has 0 bridgehead atoms. The van der Waals surface area contributed by atoms with Crippen LogP contribution in [0, 0.1) is 0 Å². The fourth-order valence-electron chi connectivity index (χ4n) is 1.77. The zero-order valence-corrected chi connectivity index (χ0v) is 10.7. The third-order valence-electron chi connectivity index (χ3n) is 2.81. The first-order chi connectivity index (χ1) is 8.92. The molecule has 1 aliphatic heterocycles. The summed E-state index contributed by atoms with van der Waals surface area (Å²) in [7, 11) is 0. The molecule has 0 radical (unpaired) electrons. The van der Waals surface area contributed by atoms with Gasteiger partial charge in [-0.2, -0.15) is 10.2 Å². The van der Waals surface area contributed by atoms with Crippen molar-refractivity contribution in [2.24, 2.45) is 10.2 Å². The summed E-state index contributed by atoms with van der Waals surface area (Å²) in [4.78, 5) is 5.28. The highest BCUT2D eigenvalue weighted by molar-refractivity contribution is 5.68. The highest BCUT2D eigenvalue weighted by atomic mass is 16.6. The standard InChI is InChI=1S/C14H19N3O/c1-2-3-9-15-16-10-13-11-18-17-14(13)12-7-5-4-6-8-12/h4-8,17H,2-3,9-11H2,1H3. The summed E-state index contributed by atoms with van der Waals surface area (Å²) in [6.07, 6.45) is 2.25. The monoisotopic (exact) mass is 245 g/mol. The molecule has 0 saturated carbocycles. The van der Waals surface area contributed by atoms with Gasteiger partial charge in [-0.1, -0.05) is 43.7 Å². The second-order valence-electron chi connectivity index (χ2n) is 4.25. The zero-order chi connectivity index (χ0) is 12.6. The molecule has 0 aliphatic carbocycles. The Morgan fingerprint density at radius 2 is 2.06 bits per heavy atom. The Bertz CT molecular complexity index is 426. The van der Waals surface area contributed by atoms with E-state index in [9.17, 15) is 0 Å². The largest absolute Gasteiger partial charge is 0.272 e. The van der Waals surface area contributed by atoms with E-state index in [2.05, 4.69) is 34.8 Å². The Morgan fingerprint density at radius 1 is 1.22 bits per heavy atom. The van der Waals surface area contributed by atoms with Crippen LogP contribution in [0.1, 0.15) is 25.3 Å². The predicted octanol–water partition coefficient (Wildman–Crippen LogP) is 3.18. The van der Waals surface area contributed by atoms with E-state index < -0.39 is 0 Å². The van der Waals surface area contributed by atoms with Crippen LogP contribution in [0.3, 0.4) is 0 Å². The normalized spacial score (nSPS) is 15.4. The second kappa shape index (κ2) is 6.91. The summed E-state index contributed by atoms with van der Waals surface area (Å²) >= 11 is 0. The summed E-state index contributed by atoms with van der Waals surface area (Å²) < 4.78 is 0. The maximum absolute atomic E-state index is 5.28. The fourth-order valence-corrected chi connectivity index (χ4v) is 1.77. The average molecular weight is 245 g/mol. The van der Waals surface area contributed by atoms with Gasteiger partial charge in [0.25, 0.3) is 0 Å². The Balaban J connectivity index is 1.99. The number of hydrogen-bond donors (Lipinski definition) is 1. The minimum absolute atomic E-state index is 0.580. The SMILES string of the molecule is CCCCN=NCC1=C(c2ccccc2)NOC1. The van der Waals surface area contributed by atoms with E-state index in [1.165, 1.54) is 0 Å². The van der Waals surface area contributed by atoms with E-state index >= 15 is 0 Å². The van der Waals surface area contributed by atoms with Crippen molar-refractivity contribution >= 4 is 5.70 Å². The van der Waals surface area contributed by atoms with E-state index in [0.717, 1.165) is 36.2 Å². The average Bonchev–Trinajstić information content (AvgIpc) is 2.88. The van der Waals surface area contributed by atoms with Crippen molar-refractivity contribution in [1.82, 2.24) is 5.48 Å². The molecule has 4 nitrogen and oxygen atoms in total. The third kappa shape index (κ3) is 3.40. The molecule has 1 aromatic rings. The minimum atomic E-state index is 0.580. The Kier molecular flexibility index (Phi) is 4.90. The van der Waals surface area contributed by atoms with Gasteiger partial charge in [0.05, 0.1) is 25.4 Å². The van der Waals surface area contributed by atoms with Gasteiger partial charge in [0, 0.05) is 5.57 Å². The van der Waals surface area contributed by atoms with Crippen LogP contribution >= 0.6 is 0 Å². The molecule has 0 spiro atoms. The number of hydrogen-bond acceptors (Lipinski definition) is 4. The van der Waals surface area contributed by atoms with Crippen molar-refractivity contribution in [3.63, 3.8) is 0 Å². The van der Waals surface area contributed by atoms with Crippen LogP contribution in [0.2, 0.25) is 0 Å². The maximum atomic E-state index is 5.28. The highest BCUT2D eigenvalue weighted by Gasteiger charge is 2.15. The van der Waals surface area contributed by atoms with Crippen molar-refractivity contribution < 1.29 is 4.84 Å². The van der Waals surface area contributed by atoms with E-state index in [1.807, 2.05) is 18.2 Å². The van der Waals surface area contributed by atoms with E-state index in [0.29, 0.717) is 13.2 Å². The quantitative estimate of drug-likeness (QED) is 0.618. The van der Waals surface area contributed by atoms with Crippen LogP contribution in [0.4, 0.5) is 0 Å². The number of unbranched alkanes of at least 4 members (excludes halogenated alkanes) is 1. The first-order valence-corrected chi connectivity index (χ1v) is 6.40. The first kappa shape index (κ1) is 12.8. The Morgan fingerprint density at radius 3 is 2.83 bits per heavy atom. The van der Waals surface area contributed by atoms with Gasteiger partial charge in [0.1, 0.15) is 0 Å². The molecule has 96 valence electrons. The first-order valence-electron chi connectivity index (χ1n) is 6.40. The van der Waals surface area contributed by atoms with Gasteiger partial charge in [-0.3, -0.25) is 10.3 Å². The summed E-state index contributed by atoms with van der Waals surface area (Å²) in [6, 6.07) is 10.2. The highest BCUT2D eigenvalue weighted by Crippen LogP contribution is 2.20. The molecule has 0 amide bonds. The number of nitrogens with one attached hydrogen (secondary N) is 1. The lowest BCUT2D eigenvalue weighted by molar-refractivity contribution is 0.117. The molecule has 2 rings (SSSR count). The second-order valence-corrected chi connectivity index (χ2v) is 4.25. The summed E-state index contributed by atoms with van der Waals surface area (Å²) in [6.45, 7) is 4.16. The third-order valence-corrected chi connectivity index (χ3v) is 2.81. The fraction of sp³-hybridized carbons (Fsp3) is 0.429. The van der Waals surface area contributed by atoms with Crippen molar-refractivity contribution in [3.05, 3.63) is 41.5 Å². The lowest BCUT2D eigenvalue weighted by atomic mass is 10.1. The topological polar surface area (TPSA) is 46.0 Å². The van der Waals surface area contributed by atoms with Crippen LogP contribution < -0.4 is 5.48 Å². The van der Waals surface area contributed by atoms with Gasteiger partial charge < -0.3 is 0 Å². The van der Waals surface area contributed by atoms with Gasteiger partial charge in [-0.05, 0) is 12.0 Å². The molecule has 4 heteroatoms. The van der Waals surface area contributed by atoms with Gasteiger partial charge in [0.2, 0.25) is 0 Å². The van der Waals surface area contributed by atoms with Crippen molar-refractivity contribution in [2.45, 2.75) is 19.8 Å².